The smallest absolute Gasteiger partial charge is 0.277 e. The zero-order valence-corrected chi connectivity index (χ0v) is 14.4. The maximum atomic E-state index is 13.0. The number of hydrogen-bond donors (Lipinski definition) is 0. The van der Waals surface area contributed by atoms with Crippen LogP contribution in [-0.2, 0) is 6.42 Å². The molecule has 0 saturated carbocycles. The summed E-state index contributed by atoms with van der Waals surface area (Å²) in [6.45, 7) is 1.77. The van der Waals surface area contributed by atoms with Gasteiger partial charge in [-0.05, 0) is 31.4 Å². The summed E-state index contributed by atoms with van der Waals surface area (Å²) < 4.78 is 0. The van der Waals surface area contributed by atoms with Gasteiger partial charge in [-0.1, -0.05) is 12.1 Å². The number of nitrogens with zero attached hydrogens (tertiary/aromatic N) is 3. The first kappa shape index (κ1) is 18.2. The summed E-state index contributed by atoms with van der Waals surface area (Å²) in [7, 11) is 0. The number of ketones is 1. The van der Waals surface area contributed by atoms with Crippen molar-refractivity contribution in [2.75, 3.05) is 11.4 Å². The van der Waals surface area contributed by atoms with Gasteiger partial charge in [-0.3, -0.25) is 29.8 Å². The van der Waals surface area contributed by atoms with E-state index in [1.165, 1.54) is 11.8 Å². The normalized spacial score (nSPS) is 13.0. The molecule has 0 N–H and O–H groups in total. The number of benzene rings is 2. The van der Waals surface area contributed by atoms with Gasteiger partial charge in [0.25, 0.3) is 17.3 Å². The van der Waals surface area contributed by atoms with Gasteiger partial charge in [-0.2, -0.15) is 0 Å². The molecule has 1 amide bonds. The van der Waals surface area contributed by atoms with E-state index in [-0.39, 0.29) is 11.3 Å². The highest BCUT2D eigenvalue weighted by Crippen LogP contribution is 2.31. The van der Waals surface area contributed by atoms with Crippen LogP contribution < -0.4 is 4.90 Å². The number of aryl methyl sites for hydroxylation is 1. The average Bonchev–Trinajstić information content (AvgIpc) is 2.65. The molecule has 0 unspecified atom stereocenters. The number of nitro benzene ring substituents is 2. The van der Waals surface area contributed by atoms with Gasteiger partial charge in [0.1, 0.15) is 0 Å². The topological polar surface area (TPSA) is 124 Å². The van der Waals surface area contributed by atoms with Crippen LogP contribution in [0.4, 0.5) is 17.1 Å². The van der Waals surface area contributed by atoms with Crippen LogP contribution in [0.5, 0.6) is 0 Å². The minimum absolute atomic E-state index is 0.142. The Labute approximate surface area is 153 Å². The van der Waals surface area contributed by atoms with Crippen molar-refractivity contribution < 1.29 is 19.4 Å². The molecule has 0 bridgehead atoms. The van der Waals surface area contributed by atoms with Gasteiger partial charge in [-0.15, -0.1) is 0 Å². The molecule has 0 spiro atoms. The summed E-state index contributed by atoms with van der Waals surface area (Å²) >= 11 is 0. The van der Waals surface area contributed by atoms with E-state index in [9.17, 15) is 29.8 Å². The van der Waals surface area contributed by atoms with Gasteiger partial charge in [0.15, 0.2) is 5.78 Å². The molecule has 9 heteroatoms. The summed E-state index contributed by atoms with van der Waals surface area (Å²) in [5.74, 6) is -0.731. The van der Waals surface area contributed by atoms with Gasteiger partial charge < -0.3 is 4.90 Å². The van der Waals surface area contributed by atoms with Crippen LogP contribution in [0.2, 0.25) is 0 Å². The highest BCUT2D eigenvalue weighted by atomic mass is 16.6. The van der Waals surface area contributed by atoms with E-state index in [2.05, 4.69) is 0 Å². The zero-order chi connectivity index (χ0) is 19.7. The molecule has 1 aliphatic heterocycles. The van der Waals surface area contributed by atoms with Crippen LogP contribution in [-0.4, -0.2) is 28.1 Å². The lowest BCUT2D eigenvalue weighted by Gasteiger charge is -2.30. The van der Waals surface area contributed by atoms with E-state index in [4.69, 9.17) is 0 Å². The largest absolute Gasteiger partial charge is 0.308 e. The molecule has 138 valence electrons. The Balaban J connectivity index is 2.08. The molecule has 0 atom stereocenters. The Morgan fingerprint density at radius 3 is 2.15 bits per heavy atom. The number of nitro groups is 2. The molecule has 0 aromatic heterocycles. The Hall–Kier alpha value is -3.62. The first-order chi connectivity index (χ1) is 12.8. The summed E-state index contributed by atoms with van der Waals surface area (Å²) in [4.78, 5) is 46.6. The van der Waals surface area contributed by atoms with Gasteiger partial charge in [0.05, 0.1) is 21.5 Å². The maximum Gasteiger partial charge on any atom is 0.277 e. The highest BCUT2D eigenvalue weighted by molar-refractivity contribution is 6.08. The summed E-state index contributed by atoms with van der Waals surface area (Å²) in [6.07, 6.45) is 1.40. The summed E-state index contributed by atoms with van der Waals surface area (Å²) in [6, 6.07) is 7.95. The molecule has 9 nitrogen and oxygen atoms in total. The molecular formula is C18H15N3O6. The lowest BCUT2D eigenvalue weighted by atomic mass is 9.97. The second-order valence-corrected chi connectivity index (χ2v) is 6.21. The van der Waals surface area contributed by atoms with Crippen LogP contribution >= 0.6 is 0 Å². The van der Waals surface area contributed by atoms with E-state index < -0.39 is 27.1 Å². The van der Waals surface area contributed by atoms with Crippen molar-refractivity contribution in [2.45, 2.75) is 19.8 Å². The number of amides is 1. The number of rotatable bonds is 4. The molecule has 1 aliphatic rings. The fourth-order valence-corrected chi connectivity index (χ4v) is 3.09. The second-order valence-electron chi connectivity index (χ2n) is 6.21. The van der Waals surface area contributed by atoms with Gasteiger partial charge >= 0.3 is 0 Å². The molecule has 0 radical (unpaired) electrons. The number of Topliss-reactive ketones (excluding diaryl/α,β-unsaturated/α-hetero) is 1. The first-order valence-electron chi connectivity index (χ1n) is 8.17. The van der Waals surface area contributed by atoms with Crippen LogP contribution in [0.1, 0.15) is 39.6 Å². The lowest BCUT2D eigenvalue weighted by molar-refractivity contribution is -0.394. The van der Waals surface area contributed by atoms with Crippen molar-refractivity contribution in [1.29, 1.82) is 0 Å². The molecule has 2 aromatic rings. The van der Waals surface area contributed by atoms with Gasteiger partial charge in [-0.25, -0.2) is 0 Å². The average molecular weight is 369 g/mol. The standard InChI is InChI=1S/C18H15N3O6/c1-11(22)13-5-4-12-3-2-6-19(17(12)9-13)18(23)14-7-15(20(24)25)10-16(8-14)21(26)27/h4-5,7-10H,2-3,6H2,1H3. The minimum Gasteiger partial charge on any atom is -0.308 e. The Morgan fingerprint density at radius 2 is 1.59 bits per heavy atom. The number of anilines is 1. The van der Waals surface area contributed by atoms with E-state index >= 15 is 0 Å². The molecule has 3 rings (SSSR count). The van der Waals surface area contributed by atoms with Crippen molar-refractivity contribution in [3.8, 4) is 0 Å². The number of fused-ring (bicyclic) bond motifs is 1. The fraction of sp³-hybridized carbons (Fsp3) is 0.222. The van der Waals surface area contributed by atoms with Gasteiger partial charge in [0.2, 0.25) is 0 Å². The Kier molecular flexibility index (Phi) is 4.68. The monoisotopic (exact) mass is 369 g/mol. The van der Waals surface area contributed by atoms with Crippen molar-refractivity contribution in [3.05, 3.63) is 73.3 Å². The van der Waals surface area contributed by atoms with E-state index in [1.54, 1.807) is 18.2 Å². The lowest BCUT2D eigenvalue weighted by Crippen LogP contribution is -2.35. The molecule has 27 heavy (non-hydrogen) atoms. The predicted molar refractivity (Wildman–Crippen MR) is 96.2 cm³/mol. The Morgan fingerprint density at radius 1 is 0.963 bits per heavy atom. The third-order valence-electron chi connectivity index (χ3n) is 4.43. The second kappa shape index (κ2) is 6.94. The fourth-order valence-electron chi connectivity index (χ4n) is 3.09. The number of hydrogen-bond acceptors (Lipinski definition) is 6. The highest BCUT2D eigenvalue weighted by Gasteiger charge is 2.27. The third-order valence-corrected chi connectivity index (χ3v) is 4.43. The van der Waals surface area contributed by atoms with E-state index in [0.29, 0.717) is 24.2 Å². The number of non-ortho nitro benzene ring substituents is 2. The molecule has 0 aliphatic carbocycles. The van der Waals surface area contributed by atoms with E-state index in [0.717, 1.165) is 30.2 Å². The van der Waals surface area contributed by atoms with Crippen molar-refractivity contribution in [3.63, 3.8) is 0 Å². The third kappa shape index (κ3) is 3.52. The molecule has 1 heterocycles. The minimum atomic E-state index is -0.776. The van der Waals surface area contributed by atoms with E-state index in [1.807, 2.05) is 0 Å². The van der Waals surface area contributed by atoms with Crippen LogP contribution in [0.3, 0.4) is 0 Å². The Bertz CT molecular complexity index is 953. The van der Waals surface area contributed by atoms with Crippen molar-refractivity contribution in [2.24, 2.45) is 0 Å². The van der Waals surface area contributed by atoms with Crippen LogP contribution in [0.25, 0.3) is 0 Å². The van der Waals surface area contributed by atoms with Crippen molar-refractivity contribution >= 4 is 28.8 Å². The summed E-state index contributed by atoms with van der Waals surface area (Å²) in [5.41, 5.74) is 0.674. The molecule has 0 saturated heterocycles. The molecule has 0 fully saturated rings. The quantitative estimate of drug-likeness (QED) is 0.463. The maximum absolute atomic E-state index is 13.0. The zero-order valence-electron chi connectivity index (χ0n) is 14.4. The molecular weight excluding hydrogens is 354 g/mol. The number of carbonyl (C=O) groups is 2. The predicted octanol–water partition coefficient (Wildman–Crippen LogP) is 3.30. The SMILES string of the molecule is CC(=O)c1ccc2c(c1)N(C(=O)c1cc([N+](=O)[O-])cc([N+](=O)[O-])c1)CCC2. The molecule has 2 aromatic carbocycles. The van der Waals surface area contributed by atoms with Crippen LogP contribution in [0.15, 0.2) is 36.4 Å². The van der Waals surface area contributed by atoms with Crippen molar-refractivity contribution in [1.82, 2.24) is 0 Å². The van der Waals surface area contributed by atoms with Crippen LogP contribution in [0, 0.1) is 20.2 Å². The van der Waals surface area contributed by atoms with Gasteiger partial charge in [0, 0.05) is 29.9 Å². The number of carbonyl (C=O) groups excluding carboxylic acids is 2. The first-order valence-corrected chi connectivity index (χ1v) is 8.17. The summed E-state index contributed by atoms with van der Waals surface area (Å²) in [5, 5.41) is 22.1.